The highest BCUT2D eigenvalue weighted by Gasteiger charge is 2.15. The largest absolute Gasteiger partial charge is 0.394 e. The van der Waals surface area contributed by atoms with Gasteiger partial charge in [-0.25, -0.2) is 9.87 Å². The number of hydrogen-bond donors (Lipinski definition) is 4. The smallest absolute Gasteiger partial charge is 0.262 e. The van der Waals surface area contributed by atoms with Gasteiger partial charge in [0.05, 0.1) is 6.61 Å². The van der Waals surface area contributed by atoms with Gasteiger partial charge in [-0.1, -0.05) is 12.1 Å². The van der Waals surface area contributed by atoms with Gasteiger partial charge in [0.15, 0.2) is 0 Å². The van der Waals surface area contributed by atoms with Crippen LogP contribution in [-0.4, -0.2) is 28.9 Å². The predicted octanol–water partition coefficient (Wildman–Crippen LogP) is 0.0900. The molecule has 0 bridgehead atoms. The van der Waals surface area contributed by atoms with E-state index >= 15 is 0 Å². The van der Waals surface area contributed by atoms with Crippen molar-refractivity contribution in [1.29, 1.82) is 0 Å². The Morgan fingerprint density at radius 2 is 2.24 bits per heavy atom. The third-order valence-corrected chi connectivity index (χ3v) is 2.40. The molecule has 1 amide bonds. The van der Waals surface area contributed by atoms with E-state index in [1.54, 1.807) is 19.1 Å². The first-order valence-electron chi connectivity index (χ1n) is 5.11. The molecule has 0 aliphatic carbocycles. The van der Waals surface area contributed by atoms with Crippen LogP contribution in [0.15, 0.2) is 18.2 Å². The van der Waals surface area contributed by atoms with Crippen LogP contribution >= 0.6 is 0 Å². The minimum atomic E-state index is -0.927. The molecule has 0 aliphatic heterocycles. The highest BCUT2D eigenvalue weighted by molar-refractivity contribution is 5.80. The molecule has 0 aromatic heterocycles. The van der Waals surface area contributed by atoms with Crippen molar-refractivity contribution in [2.45, 2.75) is 19.5 Å². The Hall–Kier alpha value is -1.50. The third-order valence-electron chi connectivity index (χ3n) is 2.40. The number of aliphatic hydroxyl groups excluding tert-OH is 1. The number of nitrogens with one attached hydrogen (secondary N) is 2. The summed E-state index contributed by atoms with van der Waals surface area (Å²) in [5, 5.41) is 20.0. The van der Waals surface area contributed by atoms with Gasteiger partial charge < -0.3 is 5.11 Å². The Kier molecular flexibility index (Phi) is 5.02. The van der Waals surface area contributed by atoms with Crippen LogP contribution < -0.4 is 10.8 Å². The molecule has 0 saturated heterocycles. The number of amides is 1. The molecule has 94 valence electrons. The lowest BCUT2D eigenvalue weighted by Gasteiger charge is -2.14. The zero-order chi connectivity index (χ0) is 12.8. The van der Waals surface area contributed by atoms with E-state index < -0.39 is 18.6 Å². The molecule has 1 rings (SSSR count). The van der Waals surface area contributed by atoms with Crippen molar-refractivity contribution in [2.24, 2.45) is 0 Å². The average Bonchev–Trinajstić information content (AvgIpc) is 2.33. The predicted molar refractivity (Wildman–Crippen MR) is 58.8 cm³/mol. The number of hydroxylamine groups is 1. The summed E-state index contributed by atoms with van der Waals surface area (Å²) in [7, 11) is 0. The lowest BCUT2D eigenvalue weighted by molar-refractivity contribution is -0.132. The lowest BCUT2D eigenvalue weighted by atomic mass is 10.1. The molecule has 0 heterocycles. The maximum atomic E-state index is 13.2. The second kappa shape index (κ2) is 6.29. The van der Waals surface area contributed by atoms with Gasteiger partial charge in [-0.05, 0) is 24.1 Å². The van der Waals surface area contributed by atoms with Crippen molar-refractivity contribution in [3.63, 3.8) is 0 Å². The number of aliphatic hydroxyl groups is 1. The zero-order valence-electron chi connectivity index (χ0n) is 9.40. The molecule has 0 radical (unpaired) electrons. The summed E-state index contributed by atoms with van der Waals surface area (Å²) in [4.78, 5) is 11.0. The normalized spacial score (nSPS) is 12.2. The highest BCUT2D eigenvalue weighted by atomic mass is 19.1. The minimum absolute atomic E-state index is 0.218. The Labute approximate surface area is 98.2 Å². The number of hydrogen-bond acceptors (Lipinski definition) is 4. The molecular formula is C11H15FN2O3. The average molecular weight is 242 g/mol. The summed E-state index contributed by atoms with van der Waals surface area (Å²) in [5.74, 6) is -1.06. The molecule has 0 spiro atoms. The molecule has 17 heavy (non-hydrogen) atoms. The van der Waals surface area contributed by atoms with Crippen LogP contribution in [0.5, 0.6) is 0 Å². The second-order valence-corrected chi connectivity index (χ2v) is 3.68. The molecular weight excluding hydrogens is 227 g/mol. The van der Waals surface area contributed by atoms with E-state index in [1.165, 1.54) is 11.5 Å². The van der Waals surface area contributed by atoms with Crippen LogP contribution in [-0.2, 0) is 11.3 Å². The van der Waals surface area contributed by atoms with E-state index in [-0.39, 0.29) is 12.4 Å². The van der Waals surface area contributed by atoms with Gasteiger partial charge in [-0.2, -0.15) is 0 Å². The Morgan fingerprint density at radius 1 is 1.53 bits per heavy atom. The number of carbonyl (C=O) groups is 1. The van der Waals surface area contributed by atoms with Crippen LogP contribution in [0.3, 0.4) is 0 Å². The number of rotatable bonds is 5. The maximum absolute atomic E-state index is 13.2. The van der Waals surface area contributed by atoms with Crippen molar-refractivity contribution < 1.29 is 19.5 Å². The summed E-state index contributed by atoms with van der Waals surface area (Å²) in [6.45, 7) is 1.42. The van der Waals surface area contributed by atoms with Gasteiger partial charge in [-0.3, -0.25) is 15.3 Å². The first-order valence-corrected chi connectivity index (χ1v) is 5.11. The summed E-state index contributed by atoms with van der Waals surface area (Å²) in [6, 6.07) is 3.78. The molecule has 0 unspecified atom stereocenters. The fourth-order valence-corrected chi connectivity index (χ4v) is 1.31. The van der Waals surface area contributed by atoms with Gasteiger partial charge in [-0.15, -0.1) is 0 Å². The van der Waals surface area contributed by atoms with E-state index in [9.17, 15) is 9.18 Å². The Bertz CT molecular complexity index is 398. The number of halogens is 1. The fraction of sp³-hybridized carbons (Fsp3) is 0.364. The minimum Gasteiger partial charge on any atom is -0.394 e. The number of carbonyl (C=O) groups excluding carboxylic acids is 1. The molecule has 0 fully saturated rings. The Morgan fingerprint density at radius 3 is 2.76 bits per heavy atom. The van der Waals surface area contributed by atoms with Gasteiger partial charge in [0.1, 0.15) is 11.9 Å². The van der Waals surface area contributed by atoms with E-state index in [1.807, 2.05) is 0 Å². The summed E-state index contributed by atoms with van der Waals surface area (Å²) in [5.41, 5.74) is 2.63. The van der Waals surface area contributed by atoms with Gasteiger partial charge in [0, 0.05) is 6.54 Å². The lowest BCUT2D eigenvalue weighted by Crippen LogP contribution is -2.45. The SMILES string of the molecule is Cc1ccc(CN[C@@H](CO)C(=O)NO)cc1F. The van der Waals surface area contributed by atoms with Gasteiger partial charge in [0.2, 0.25) is 0 Å². The number of benzene rings is 1. The first-order chi connectivity index (χ1) is 8.08. The van der Waals surface area contributed by atoms with Crippen LogP contribution in [0.25, 0.3) is 0 Å². The molecule has 0 aliphatic rings. The van der Waals surface area contributed by atoms with Crippen molar-refractivity contribution in [1.82, 2.24) is 10.8 Å². The van der Waals surface area contributed by atoms with Crippen LogP contribution in [0.1, 0.15) is 11.1 Å². The van der Waals surface area contributed by atoms with Crippen LogP contribution in [0.2, 0.25) is 0 Å². The quantitative estimate of drug-likeness (QED) is 0.436. The first kappa shape index (κ1) is 13.6. The van der Waals surface area contributed by atoms with Gasteiger partial charge in [0.25, 0.3) is 5.91 Å². The molecule has 5 nitrogen and oxygen atoms in total. The van der Waals surface area contributed by atoms with Gasteiger partial charge >= 0.3 is 0 Å². The van der Waals surface area contributed by atoms with Crippen molar-refractivity contribution in [3.05, 3.63) is 35.1 Å². The second-order valence-electron chi connectivity index (χ2n) is 3.68. The van der Waals surface area contributed by atoms with Crippen molar-refractivity contribution >= 4 is 5.91 Å². The van der Waals surface area contributed by atoms with E-state index in [2.05, 4.69) is 5.32 Å². The van der Waals surface area contributed by atoms with E-state index in [0.717, 1.165) is 0 Å². The topological polar surface area (TPSA) is 81.6 Å². The van der Waals surface area contributed by atoms with Crippen LogP contribution in [0.4, 0.5) is 4.39 Å². The molecule has 1 aromatic carbocycles. The highest BCUT2D eigenvalue weighted by Crippen LogP contribution is 2.09. The van der Waals surface area contributed by atoms with Crippen molar-refractivity contribution in [2.75, 3.05) is 6.61 Å². The molecule has 1 atom stereocenters. The fourth-order valence-electron chi connectivity index (χ4n) is 1.31. The molecule has 6 heteroatoms. The third kappa shape index (κ3) is 3.77. The molecule has 1 aromatic rings. The Balaban J connectivity index is 2.59. The monoisotopic (exact) mass is 242 g/mol. The van der Waals surface area contributed by atoms with Crippen molar-refractivity contribution in [3.8, 4) is 0 Å². The standard InChI is InChI=1S/C11H15FN2O3/c1-7-2-3-8(4-9(7)12)5-13-10(6-15)11(16)14-17/h2-4,10,13,15,17H,5-6H2,1H3,(H,14,16)/t10-/m0/s1. The molecule has 4 N–H and O–H groups in total. The molecule has 0 saturated carbocycles. The summed E-state index contributed by atoms with van der Waals surface area (Å²) < 4.78 is 13.2. The maximum Gasteiger partial charge on any atom is 0.262 e. The van der Waals surface area contributed by atoms with E-state index in [0.29, 0.717) is 11.1 Å². The van der Waals surface area contributed by atoms with E-state index in [4.69, 9.17) is 10.3 Å². The summed E-state index contributed by atoms with van der Waals surface area (Å²) >= 11 is 0. The number of aryl methyl sites for hydroxylation is 1. The zero-order valence-corrected chi connectivity index (χ0v) is 9.40. The summed E-state index contributed by atoms with van der Waals surface area (Å²) in [6.07, 6.45) is 0. The van der Waals surface area contributed by atoms with Crippen LogP contribution in [0, 0.1) is 12.7 Å².